The second-order valence-electron chi connectivity index (χ2n) is 6.22. The monoisotopic (exact) mass is 341 g/mol. The number of rotatable bonds is 5. The number of nitrogens with one attached hydrogen (secondary N) is 2. The molecule has 6 heteroatoms. The summed E-state index contributed by atoms with van der Waals surface area (Å²) in [5, 5.41) is 5.77. The van der Waals surface area contributed by atoms with Gasteiger partial charge in [-0.1, -0.05) is 18.9 Å². The Hall–Kier alpha value is -2.76. The fraction of sp³-hybridized carbons (Fsp3) is 0.368. The number of anilines is 1. The molecule has 0 spiro atoms. The van der Waals surface area contributed by atoms with Crippen molar-refractivity contribution in [3.63, 3.8) is 0 Å². The maximum atomic E-state index is 12.0. The first-order valence-electron chi connectivity index (χ1n) is 8.50. The summed E-state index contributed by atoms with van der Waals surface area (Å²) in [6, 6.07) is 9.26. The summed E-state index contributed by atoms with van der Waals surface area (Å²) in [5.41, 5.74) is 1.71. The van der Waals surface area contributed by atoms with Crippen LogP contribution in [-0.2, 0) is 0 Å². The molecule has 0 bridgehead atoms. The van der Waals surface area contributed by atoms with E-state index < -0.39 is 0 Å². The number of aromatic nitrogens is 1. The van der Waals surface area contributed by atoms with Gasteiger partial charge in [0.25, 0.3) is 0 Å². The number of carbonyl (C=O) groups is 1. The van der Waals surface area contributed by atoms with Crippen molar-refractivity contribution >= 4 is 11.7 Å². The number of carbonyl (C=O) groups excluding carboxylic acids is 1. The van der Waals surface area contributed by atoms with Crippen LogP contribution < -0.4 is 20.1 Å². The molecule has 1 aliphatic rings. The topological polar surface area (TPSA) is 72.5 Å². The second kappa shape index (κ2) is 7.88. The van der Waals surface area contributed by atoms with Crippen LogP contribution in [0.3, 0.4) is 0 Å². The van der Waals surface area contributed by atoms with Crippen molar-refractivity contribution in [1.82, 2.24) is 10.3 Å². The highest BCUT2D eigenvalue weighted by atomic mass is 16.5. The van der Waals surface area contributed by atoms with E-state index in [-0.39, 0.29) is 12.1 Å². The zero-order valence-electron chi connectivity index (χ0n) is 14.5. The number of benzene rings is 1. The molecule has 0 aliphatic heterocycles. The number of ether oxygens (including phenoxy) is 2. The van der Waals surface area contributed by atoms with Crippen LogP contribution in [0.1, 0.15) is 31.2 Å². The normalized spacial score (nSPS) is 14.2. The number of amides is 2. The Morgan fingerprint density at radius 3 is 2.64 bits per heavy atom. The summed E-state index contributed by atoms with van der Waals surface area (Å²) in [6.07, 6.45) is 6.04. The Morgan fingerprint density at radius 1 is 1.16 bits per heavy atom. The maximum absolute atomic E-state index is 12.0. The van der Waals surface area contributed by atoms with Gasteiger partial charge in [0.1, 0.15) is 0 Å². The van der Waals surface area contributed by atoms with E-state index in [0.29, 0.717) is 23.1 Å². The number of hydrogen-bond acceptors (Lipinski definition) is 4. The fourth-order valence-corrected chi connectivity index (χ4v) is 2.91. The lowest BCUT2D eigenvalue weighted by molar-refractivity contribution is 0.248. The Kier molecular flexibility index (Phi) is 5.38. The largest absolute Gasteiger partial charge is 0.493 e. The third-order valence-electron chi connectivity index (χ3n) is 4.22. The van der Waals surface area contributed by atoms with Gasteiger partial charge in [-0.15, -0.1) is 0 Å². The quantitative estimate of drug-likeness (QED) is 0.852. The summed E-state index contributed by atoms with van der Waals surface area (Å²) in [6.45, 7) is 1.99. The first kappa shape index (κ1) is 17.1. The number of nitrogens with zero attached hydrogens (tertiary/aromatic N) is 1. The SMILES string of the molecule is COc1cc(C)ccc1Oc1ccc(NC(=O)NC2CCCC2)cn1. The van der Waals surface area contributed by atoms with E-state index in [1.807, 2.05) is 25.1 Å². The van der Waals surface area contributed by atoms with Gasteiger partial charge in [-0.3, -0.25) is 0 Å². The van der Waals surface area contributed by atoms with Gasteiger partial charge in [0, 0.05) is 12.1 Å². The first-order valence-corrected chi connectivity index (χ1v) is 8.50. The van der Waals surface area contributed by atoms with Crippen LogP contribution in [0.15, 0.2) is 36.5 Å². The average molecular weight is 341 g/mol. The van der Waals surface area contributed by atoms with Crippen LogP contribution in [0.5, 0.6) is 17.4 Å². The van der Waals surface area contributed by atoms with Crippen LogP contribution in [-0.4, -0.2) is 24.2 Å². The highest BCUT2D eigenvalue weighted by Crippen LogP contribution is 2.31. The highest BCUT2D eigenvalue weighted by Gasteiger charge is 2.17. The van der Waals surface area contributed by atoms with Crippen molar-refractivity contribution in [2.45, 2.75) is 38.6 Å². The van der Waals surface area contributed by atoms with Crippen molar-refractivity contribution in [3.05, 3.63) is 42.1 Å². The molecular formula is C19H23N3O3. The molecule has 3 rings (SSSR count). The molecule has 1 aliphatic carbocycles. The smallest absolute Gasteiger partial charge is 0.319 e. The average Bonchev–Trinajstić information content (AvgIpc) is 3.11. The van der Waals surface area contributed by atoms with Crippen molar-refractivity contribution in [3.8, 4) is 17.4 Å². The highest BCUT2D eigenvalue weighted by molar-refractivity contribution is 5.89. The molecule has 2 amide bonds. The number of hydrogen-bond donors (Lipinski definition) is 2. The van der Waals surface area contributed by atoms with Gasteiger partial charge >= 0.3 is 6.03 Å². The fourth-order valence-electron chi connectivity index (χ4n) is 2.91. The standard InChI is InChI=1S/C19H23N3O3/c1-13-7-9-16(17(11-13)24-2)25-18-10-8-15(12-20-18)22-19(23)21-14-5-3-4-6-14/h7-12,14H,3-6H2,1-2H3,(H2,21,22,23). The molecule has 6 nitrogen and oxygen atoms in total. The van der Waals surface area contributed by atoms with Crippen LogP contribution in [0.4, 0.5) is 10.5 Å². The summed E-state index contributed by atoms with van der Waals surface area (Å²) in [7, 11) is 1.60. The molecule has 0 saturated heterocycles. The van der Waals surface area contributed by atoms with Gasteiger partial charge in [0.2, 0.25) is 5.88 Å². The molecule has 1 saturated carbocycles. The van der Waals surface area contributed by atoms with Crippen molar-refractivity contribution < 1.29 is 14.3 Å². The molecule has 25 heavy (non-hydrogen) atoms. The summed E-state index contributed by atoms with van der Waals surface area (Å²) in [4.78, 5) is 16.2. The lowest BCUT2D eigenvalue weighted by atomic mass is 10.2. The maximum Gasteiger partial charge on any atom is 0.319 e. The Labute approximate surface area is 147 Å². The number of aryl methyl sites for hydroxylation is 1. The van der Waals surface area contributed by atoms with Gasteiger partial charge in [0.05, 0.1) is 19.0 Å². The summed E-state index contributed by atoms with van der Waals surface area (Å²) in [5.74, 6) is 1.68. The van der Waals surface area contributed by atoms with Crippen molar-refractivity contribution in [2.75, 3.05) is 12.4 Å². The molecule has 1 fully saturated rings. The van der Waals surface area contributed by atoms with E-state index in [1.165, 1.54) is 12.8 Å². The van der Waals surface area contributed by atoms with Gasteiger partial charge in [-0.25, -0.2) is 9.78 Å². The summed E-state index contributed by atoms with van der Waals surface area (Å²) < 4.78 is 11.1. The molecule has 132 valence electrons. The molecule has 2 N–H and O–H groups in total. The number of pyridine rings is 1. The minimum absolute atomic E-state index is 0.192. The Bertz CT molecular complexity index is 725. The van der Waals surface area contributed by atoms with E-state index in [0.717, 1.165) is 18.4 Å². The van der Waals surface area contributed by atoms with Crippen molar-refractivity contribution in [2.24, 2.45) is 0 Å². The molecule has 0 unspecified atom stereocenters. The van der Waals surface area contributed by atoms with Crippen LogP contribution in [0.2, 0.25) is 0 Å². The number of urea groups is 1. The Balaban J connectivity index is 1.59. The second-order valence-corrected chi connectivity index (χ2v) is 6.22. The molecule has 2 aromatic rings. The zero-order chi connectivity index (χ0) is 17.6. The minimum Gasteiger partial charge on any atom is -0.493 e. The molecule has 1 aromatic heterocycles. The zero-order valence-corrected chi connectivity index (χ0v) is 14.5. The number of methoxy groups -OCH3 is 1. The van der Waals surface area contributed by atoms with E-state index in [1.54, 1.807) is 25.4 Å². The molecular weight excluding hydrogens is 318 g/mol. The van der Waals surface area contributed by atoms with Crippen LogP contribution in [0, 0.1) is 6.92 Å². The van der Waals surface area contributed by atoms with E-state index >= 15 is 0 Å². The molecule has 0 atom stereocenters. The van der Waals surface area contributed by atoms with Gasteiger partial charge in [-0.05, 0) is 43.5 Å². The minimum atomic E-state index is -0.192. The third kappa shape index (κ3) is 4.62. The molecule has 1 aromatic carbocycles. The molecule has 0 radical (unpaired) electrons. The molecule has 1 heterocycles. The predicted molar refractivity (Wildman–Crippen MR) is 96.5 cm³/mol. The van der Waals surface area contributed by atoms with E-state index in [2.05, 4.69) is 15.6 Å². The van der Waals surface area contributed by atoms with Gasteiger partial charge in [0.15, 0.2) is 11.5 Å². The summed E-state index contributed by atoms with van der Waals surface area (Å²) >= 11 is 0. The van der Waals surface area contributed by atoms with E-state index in [9.17, 15) is 4.79 Å². The first-order chi connectivity index (χ1) is 12.1. The van der Waals surface area contributed by atoms with Gasteiger partial charge < -0.3 is 20.1 Å². The van der Waals surface area contributed by atoms with Crippen LogP contribution >= 0.6 is 0 Å². The lowest BCUT2D eigenvalue weighted by Gasteiger charge is -2.13. The third-order valence-corrected chi connectivity index (χ3v) is 4.22. The predicted octanol–water partition coefficient (Wildman–Crippen LogP) is 4.26. The Morgan fingerprint density at radius 2 is 1.96 bits per heavy atom. The lowest BCUT2D eigenvalue weighted by Crippen LogP contribution is -2.36. The van der Waals surface area contributed by atoms with E-state index in [4.69, 9.17) is 9.47 Å². The van der Waals surface area contributed by atoms with Crippen LogP contribution in [0.25, 0.3) is 0 Å². The van der Waals surface area contributed by atoms with Gasteiger partial charge in [-0.2, -0.15) is 0 Å². The van der Waals surface area contributed by atoms with Crippen molar-refractivity contribution in [1.29, 1.82) is 0 Å².